The zero-order chi connectivity index (χ0) is 16.0. The highest BCUT2D eigenvalue weighted by Gasteiger charge is 2.26. The summed E-state index contributed by atoms with van der Waals surface area (Å²) in [6, 6.07) is 5.48. The van der Waals surface area contributed by atoms with Crippen LogP contribution in [-0.4, -0.2) is 63.6 Å². The fourth-order valence-corrected chi connectivity index (χ4v) is 5.15. The fourth-order valence-electron chi connectivity index (χ4n) is 2.28. The standard InChI is InChI=1S/C14H21N3O3S2/c1-13-3-4-14(21-13)22(18,19)17(6-2-5-15)8-7-16-9-11-20-12-10-16/h3-4H,2,6-12H2,1H3. The molecule has 0 amide bonds. The average Bonchev–Trinajstić information content (AvgIpc) is 2.95. The Balaban J connectivity index is 2.05. The topological polar surface area (TPSA) is 73.6 Å². The molecule has 1 aliphatic heterocycles. The molecule has 0 unspecified atom stereocenters. The van der Waals surface area contributed by atoms with Crippen LogP contribution in [0.2, 0.25) is 0 Å². The molecule has 1 saturated heterocycles. The normalized spacial score (nSPS) is 16.8. The molecule has 0 atom stereocenters. The van der Waals surface area contributed by atoms with E-state index in [1.165, 1.54) is 15.6 Å². The molecule has 0 aliphatic carbocycles. The third kappa shape index (κ3) is 4.51. The quantitative estimate of drug-likeness (QED) is 0.746. The van der Waals surface area contributed by atoms with Gasteiger partial charge in [0.1, 0.15) is 4.21 Å². The molecule has 0 radical (unpaired) electrons. The number of hydrogen-bond acceptors (Lipinski definition) is 6. The maximum absolute atomic E-state index is 12.7. The van der Waals surface area contributed by atoms with Gasteiger partial charge in [-0.15, -0.1) is 11.3 Å². The summed E-state index contributed by atoms with van der Waals surface area (Å²) in [5, 5.41) is 8.78. The second-order valence-electron chi connectivity index (χ2n) is 5.13. The van der Waals surface area contributed by atoms with Crippen LogP contribution in [0.1, 0.15) is 11.3 Å². The van der Waals surface area contributed by atoms with Crippen molar-refractivity contribution in [2.75, 3.05) is 45.9 Å². The van der Waals surface area contributed by atoms with E-state index in [9.17, 15) is 8.42 Å². The van der Waals surface area contributed by atoms with Gasteiger partial charge in [-0.3, -0.25) is 4.90 Å². The van der Waals surface area contributed by atoms with Crippen molar-refractivity contribution in [2.24, 2.45) is 0 Å². The Bertz CT molecular complexity index is 616. The van der Waals surface area contributed by atoms with Crippen LogP contribution in [-0.2, 0) is 14.8 Å². The lowest BCUT2D eigenvalue weighted by Gasteiger charge is -2.29. The van der Waals surface area contributed by atoms with E-state index in [4.69, 9.17) is 10.00 Å². The van der Waals surface area contributed by atoms with Gasteiger partial charge >= 0.3 is 0 Å². The number of nitrogens with zero attached hydrogens (tertiary/aromatic N) is 3. The molecule has 0 saturated carbocycles. The number of hydrogen-bond donors (Lipinski definition) is 0. The second kappa shape index (κ2) is 8.04. The summed E-state index contributed by atoms with van der Waals surface area (Å²) in [4.78, 5) is 3.16. The molecule has 1 aromatic heterocycles. The summed E-state index contributed by atoms with van der Waals surface area (Å²) >= 11 is 1.27. The third-order valence-corrected chi connectivity index (χ3v) is 6.92. The number of aryl methyl sites for hydroxylation is 1. The van der Waals surface area contributed by atoms with Crippen molar-refractivity contribution in [3.63, 3.8) is 0 Å². The van der Waals surface area contributed by atoms with Crippen LogP contribution in [0.15, 0.2) is 16.3 Å². The highest BCUT2D eigenvalue weighted by Crippen LogP contribution is 2.24. The third-order valence-electron chi connectivity index (χ3n) is 3.55. The largest absolute Gasteiger partial charge is 0.379 e. The zero-order valence-electron chi connectivity index (χ0n) is 12.7. The maximum Gasteiger partial charge on any atom is 0.252 e. The second-order valence-corrected chi connectivity index (χ2v) is 8.58. The van der Waals surface area contributed by atoms with Crippen LogP contribution < -0.4 is 0 Å². The number of sulfonamides is 1. The van der Waals surface area contributed by atoms with E-state index in [-0.39, 0.29) is 13.0 Å². The van der Waals surface area contributed by atoms with Crippen molar-refractivity contribution < 1.29 is 13.2 Å². The Hall–Kier alpha value is -0.980. The Morgan fingerprint density at radius 3 is 2.68 bits per heavy atom. The smallest absolute Gasteiger partial charge is 0.252 e. The molecular weight excluding hydrogens is 322 g/mol. The molecule has 22 heavy (non-hydrogen) atoms. The summed E-state index contributed by atoms with van der Waals surface area (Å²) in [7, 11) is -3.51. The minimum absolute atomic E-state index is 0.201. The van der Waals surface area contributed by atoms with Crippen LogP contribution in [0.3, 0.4) is 0 Å². The van der Waals surface area contributed by atoms with Crippen LogP contribution in [0, 0.1) is 18.3 Å². The van der Waals surface area contributed by atoms with Crippen LogP contribution in [0.5, 0.6) is 0 Å². The Morgan fingerprint density at radius 2 is 2.09 bits per heavy atom. The molecule has 2 heterocycles. The van der Waals surface area contributed by atoms with Crippen molar-refractivity contribution in [2.45, 2.75) is 17.6 Å². The first-order valence-corrected chi connectivity index (χ1v) is 9.53. The molecule has 2 rings (SSSR count). The van der Waals surface area contributed by atoms with Crippen LogP contribution in [0.25, 0.3) is 0 Å². The van der Waals surface area contributed by atoms with E-state index in [0.29, 0.717) is 30.5 Å². The highest BCUT2D eigenvalue weighted by molar-refractivity contribution is 7.91. The molecule has 0 aromatic carbocycles. The van der Waals surface area contributed by atoms with Gasteiger partial charge < -0.3 is 4.74 Å². The van der Waals surface area contributed by atoms with Gasteiger partial charge in [0.25, 0.3) is 10.0 Å². The predicted molar refractivity (Wildman–Crippen MR) is 85.3 cm³/mol. The summed E-state index contributed by atoms with van der Waals surface area (Å²) in [5.74, 6) is 0. The first kappa shape index (κ1) is 17.4. The molecule has 1 aromatic rings. The van der Waals surface area contributed by atoms with Gasteiger partial charge in [-0.1, -0.05) is 0 Å². The van der Waals surface area contributed by atoms with E-state index < -0.39 is 10.0 Å². The van der Waals surface area contributed by atoms with Gasteiger partial charge in [0.15, 0.2) is 0 Å². The number of ether oxygens (including phenoxy) is 1. The molecule has 6 nitrogen and oxygen atoms in total. The Kier molecular flexibility index (Phi) is 6.35. The molecule has 1 fully saturated rings. The molecule has 8 heteroatoms. The summed E-state index contributed by atoms with van der Waals surface area (Å²) in [6.45, 7) is 6.22. The summed E-state index contributed by atoms with van der Waals surface area (Å²) in [6.07, 6.45) is 0.201. The van der Waals surface area contributed by atoms with Crippen molar-refractivity contribution in [3.05, 3.63) is 17.0 Å². The van der Waals surface area contributed by atoms with Gasteiger partial charge in [-0.2, -0.15) is 9.57 Å². The monoisotopic (exact) mass is 343 g/mol. The molecule has 0 spiro atoms. The lowest BCUT2D eigenvalue weighted by Crippen LogP contribution is -2.43. The number of rotatable bonds is 7. The minimum atomic E-state index is -3.51. The summed E-state index contributed by atoms with van der Waals surface area (Å²) < 4.78 is 32.5. The number of thiophene rings is 1. The van der Waals surface area contributed by atoms with E-state index in [1.54, 1.807) is 6.07 Å². The van der Waals surface area contributed by atoms with E-state index in [2.05, 4.69) is 4.90 Å². The number of morpholine rings is 1. The first-order valence-electron chi connectivity index (χ1n) is 7.27. The van der Waals surface area contributed by atoms with Crippen molar-refractivity contribution in [1.29, 1.82) is 5.26 Å². The predicted octanol–water partition coefficient (Wildman–Crippen LogP) is 1.29. The molecule has 122 valence electrons. The van der Waals surface area contributed by atoms with E-state index in [0.717, 1.165) is 18.0 Å². The van der Waals surface area contributed by atoms with Crippen LogP contribution >= 0.6 is 11.3 Å². The first-order chi connectivity index (χ1) is 10.5. The summed E-state index contributed by atoms with van der Waals surface area (Å²) in [5.41, 5.74) is 0. The Morgan fingerprint density at radius 1 is 1.36 bits per heavy atom. The van der Waals surface area contributed by atoms with Gasteiger partial charge in [-0.25, -0.2) is 8.42 Å². The minimum Gasteiger partial charge on any atom is -0.379 e. The van der Waals surface area contributed by atoms with Crippen LogP contribution in [0.4, 0.5) is 0 Å². The highest BCUT2D eigenvalue weighted by atomic mass is 32.2. The molecule has 1 aliphatic rings. The number of nitriles is 1. The van der Waals surface area contributed by atoms with E-state index >= 15 is 0 Å². The van der Waals surface area contributed by atoms with E-state index in [1.807, 2.05) is 19.1 Å². The van der Waals surface area contributed by atoms with Gasteiger partial charge in [-0.05, 0) is 19.1 Å². The zero-order valence-corrected chi connectivity index (χ0v) is 14.3. The molecule has 0 N–H and O–H groups in total. The average molecular weight is 343 g/mol. The molecule has 0 bridgehead atoms. The maximum atomic E-state index is 12.7. The van der Waals surface area contributed by atoms with Gasteiger partial charge in [0, 0.05) is 44.0 Å². The fraction of sp³-hybridized carbons (Fsp3) is 0.643. The van der Waals surface area contributed by atoms with Crippen molar-refractivity contribution in [1.82, 2.24) is 9.21 Å². The van der Waals surface area contributed by atoms with Crippen molar-refractivity contribution in [3.8, 4) is 6.07 Å². The lowest BCUT2D eigenvalue weighted by molar-refractivity contribution is 0.0363. The van der Waals surface area contributed by atoms with Gasteiger partial charge in [0.05, 0.1) is 19.3 Å². The van der Waals surface area contributed by atoms with Gasteiger partial charge in [0.2, 0.25) is 0 Å². The SMILES string of the molecule is Cc1ccc(S(=O)(=O)N(CCC#N)CCN2CCOCC2)s1. The van der Waals surface area contributed by atoms with Crippen molar-refractivity contribution >= 4 is 21.4 Å². The molecular formula is C14H21N3O3S2. The lowest BCUT2D eigenvalue weighted by atomic mass is 10.4. The Labute approximate surface area is 136 Å².